The van der Waals surface area contributed by atoms with Crippen molar-refractivity contribution in [1.82, 2.24) is 4.90 Å². The Morgan fingerprint density at radius 1 is 1.10 bits per heavy atom. The van der Waals surface area contributed by atoms with E-state index in [1.54, 1.807) is 4.90 Å². The van der Waals surface area contributed by atoms with E-state index in [0.717, 1.165) is 15.6 Å². The van der Waals surface area contributed by atoms with Gasteiger partial charge < -0.3 is 9.84 Å². The molecule has 4 rings (SSSR count). The third-order valence-corrected chi connectivity index (χ3v) is 6.29. The summed E-state index contributed by atoms with van der Waals surface area (Å²) >= 11 is 3.71. The zero-order valence-corrected chi connectivity index (χ0v) is 18.8. The van der Waals surface area contributed by atoms with E-state index >= 15 is 0 Å². The number of nitrogens with zero attached hydrogens (tertiary/aromatic N) is 1. The Morgan fingerprint density at radius 2 is 1.83 bits per heavy atom. The van der Waals surface area contributed by atoms with E-state index in [4.69, 9.17) is 4.74 Å². The highest BCUT2D eigenvalue weighted by atomic mass is 79.9. The van der Waals surface area contributed by atoms with Gasteiger partial charge in [-0.25, -0.2) is 4.79 Å². The van der Waals surface area contributed by atoms with Crippen LogP contribution in [-0.2, 0) is 4.74 Å². The van der Waals surface area contributed by atoms with Crippen LogP contribution in [-0.4, -0.2) is 34.3 Å². The molecule has 1 N–H and O–H groups in total. The molecule has 2 atom stereocenters. The van der Waals surface area contributed by atoms with E-state index in [0.29, 0.717) is 18.9 Å². The number of carbonyl (C=O) groups excluding carboxylic acids is 1. The molecular weight excluding hydrogens is 430 g/mol. The van der Waals surface area contributed by atoms with Gasteiger partial charge in [-0.2, -0.15) is 0 Å². The Balaban J connectivity index is 1.64. The fourth-order valence-corrected chi connectivity index (χ4v) is 4.73. The number of amides is 1. The average molecular weight is 458 g/mol. The van der Waals surface area contributed by atoms with E-state index < -0.39 is 17.7 Å². The molecule has 1 aliphatic carbocycles. The van der Waals surface area contributed by atoms with E-state index in [1.165, 1.54) is 24.0 Å². The normalized spacial score (nSPS) is 22.0. The van der Waals surface area contributed by atoms with Crippen LogP contribution in [0.2, 0.25) is 0 Å². The number of rotatable bonds is 3. The van der Waals surface area contributed by atoms with Gasteiger partial charge in [0, 0.05) is 11.0 Å². The highest BCUT2D eigenvalue weighted by Crippen LogP contribution is 2.45. The van der Waals surface area contributed by atoms with Crippen LogP contribution < -0.4 is 0 Å². The van der Waals surface area contributed by atoms with Gasteiger partial charge in [0.25, 0.3) is 0 Å². The standard InChI is InChI=1S/C24H28BrNO3/c1-24(2,3)29-23(28)26-13-12-21(27)22(26)19-11-10-16(14-20(19)25)18-7-5-4-6-17(18)15-8-9-15/h4-7,10-11,14-15,21-22,27H,8-9,12-13H2,1-3H3. The monoisotopic (exact) mass is 457 g/mol. The molecule has 1 amide bonds. The second-order valence-electron chi connectivity index (χ2n) is 9.07. The summed E-state index contributed by atoms with van der Waals surface area (Å²) < 4.78 is 6.47. The minimum Gasteiger partial charge on any atom is -0.444 e. The molecule has 154 valence electrons. The number of hydrogen-bond donors (Lipinski definition) is 1. The van der Waals surface area contributed by atoms with Crippen LogP contribution in [0.1, 0.15) is 63.1 Å². The molecule has 0 bridgehead atoms. The molecule has 0 radical (unpaired) electrons. The number of benzene rings is 2. The molecule has 5 heteroatoms. The molecule has 29 heavy (non-hydrogen) atoms. The maximum atomic E-state index is 12.7. The van der Waals surface area contributed by atoms with Gasteiger partial charge in [0.15, 0.2) is 0 Å². The fourth-order valence-electron chi connectivity index (χ4n) is 4.12. The lowest BCUT2D eigenvalue weighted by atomic mass is 9.94. The number of halogens is 1. The lowest BCUT2D eigenvalue weighted by molar-refractivity contribution is 0.0151. The summed E-state index contributed by atoms with van der Waals surface area (Å²) in [5.41, 5.74) is 4.16. The molecule has 1 aliphatic heterocycles. The van der Waals surface area contributed by atoms with E-state index in [1.807, 2.05) is 26.8 Å². The van der Waals surface area contributed by atoms with Gasteiger partial charge in [0.1, 0.15) is 5.60 Å². The smallest absolute Gasteiger partial charge is 0.410 e. The topological polar surface area (TPSA) is 49.8 Å². The highest BCUT2D eigenvalue weighted by molar-refractivity contribution is 9.10. The second-order valence-corrected chi connectivity index (χ2v) is 9.93. The van der Waals surface area contributed by atoms with Gasteiger partial charge in [0.2, 0.25) is 0 Å². The van der Waals surface area contributed by atoms with Gasteiger partial charge in [-0.05, 0) is 74.3 Å². The molecule has 1 heterocycles. The minimum atomic E-state index is -0.608. The Bertz CT molecular complexity index is 917. The maximum absolute atomic E-state index is 12.7. The lowest BCUT2D eigenvalue weighted by Crippen LogP contribution is -2.38. The number of aliphatic hydroxyl groups is 1. The van der Waals surface area contributed by atoms with Crippen LogP contribution in [0.15, 0.2) is 46.9 Å². The molecule has 2 aromatic carbocycles. The van der Waals surface area contributed by atoms with Gasteiger partial charge in [-0.15, -0.1) is 0 Å². The summed E-state index contributed by atoms with van der Waals surface area (Å²) in [6.07, 6.45) is 2.07. The number of hydrogen-bond acceptors (Lipinski definition) is 3. The fraction of sp³-hybridized carbons (Fsp3) is 0.458. The molecular formula is C24H28BrNO3. The van der Waals surface area contributed by atoms with Crippen molar-refractivity contribution >= 4 is 22.0 Å². The van der Waals surface area contributed by atoms with Crippen LogP contribution in [0.5, 0.6) is 0 Å². The van der Waals surface area contributed by atoms with Gasteiger partial charge in [-0.3, -0.25) is 4.90 Å². The number of aliphatic hydroxyl groups excluding tert-OH is 1. The minimum absolute atomic E-state index is 0.380. The van der Waals surface area contributed by atoms with Crippen LogP contribution >= 0.6 is 15.9 Å². The summed E-state index contributed by atoms with van der Waals surface area (Å²) in [4.78, 5) is 14.3. The first kappa shape index (κ1) is 20.4. The number of ether oxygens (including phenoxy) is 1. The quantitative estimate of drug-likeness (QED) is 0.611. The Morgan fingerprint density at radius 3 is 2.48 bits per heavy atom. The predicted octanol–water partition coefficient (Wildman–Crippen LogP) is 6.04. The number of carbonyl (C=O) groups is 1. The van der Waals surface area contributed by atoms with E-state index in [2.05, 4.69) is 52.3 Å². The van der Waals surface area contributed by atoms with Crippen molar-refractivity contribution < 1.29 is 14.6 Å². The molecule has 0 spiro atoms. The van der Waals surface area contributed by atoms with Crippen molar-refractivity contribution in [2.24, 2.45) is 0 Å². The van der Waals surface area contributed by atoms with E-state index in [-0.39, 0.29) is 6.09 Å². The maximum Gasteiger partial charge on any atom is 0.410 e. The van der Waals surface area contributed by atoms with Crippen molar-refractivity contribution in [3.8, 4) is 11.1 Å². The summed E-state index contributed by atoms with van der Waals surface area (Å²) in [6, 6.07) is 14.4. The summed E-state index contributed by atoms with van der Waals surface area (Å²) in [6.45, 7) is 6.05. The molecule has 4 nitrogen and oxygen atoms in total. The van der Waals surface area contributed by atoms with Gasteiger partial charge in [0.05, 0.1) is 12.1 Å². The van der Waals surface area contributed by atoms with Gasteiger partial charge >= 0.3 is 6.09 Å². The average Bonchev–Trinajstić information content (AvgIpc) is 3.43. The Labute approximate surface area is 181 Å². The molecule has 2 fully saturated rings. The van der Waals surface area contributed by atoms with Gasteiger partial charge in [-0.1, -0.05) is 52.3 Å². The third kappa shape index (κ3) is 4.36. The summed E-state index contributed by atoms with van der Waals surface area (Å²) in [5, 5.41) is 10.6. The van der Waals surface area contributed by atoms with Crippen molar-refractivity contribution in [3.63, 3.8) is 0 Å². The Kier molecular flexibility index (Phi) is 5.47. The summed E-state index contributed by atoms with van der Waals surface area (Å²) in [5.74, 6) is 0.670. The highest BCUT2D eigenvalue weighted by Gasteiger charge is 2.40. The molecule has 2 aliphatic rings. The van der Waals surface area contributed by atoms with E-state index in [9.17, 15) is 9.90 Å². The largest absolute Gasteiger partial charge is 0.444 e. The Hall–Kier alpha value is -1.85. The van der Waals surface area contributed by atoms with Crippen molar-refractivity contribution in [3.05, 3.63) is 58.1 Å². The molecule has 1 saturated heterocycles. The zero-order chi connectivity index (χ0) is 20.8. The summed E-state index contributed by atoms with van der Waals surface area (Å²) in [7, 11) is 0. The first-order valence-corrected chi connectivity index (χ1v) is 11.1. The zero-order valence-electron chi connectivity index (χ0n) is 17.2. The first-order valence-electron chi connectivity index (χ1n) is 10.3. The third-order valence-electron chi connectivity index (χ3n) is 5.60. The molecule has 0 aromatic heterocycles. The predicted molar refractivity (Wildman–Crippen MR) is 118 cm³/mol. The first-order chi connectivity index (χ1) is 13.7. The van der Waals surface area contributed by atoms with Crippen molar-refractivity contribution in [2.75, 3.05) is 6.54 Å². The lowest BCUT2D eigenvalue weighted by Gasteiger charge is -2.30. The van der Waals surface area contributed by atoms with Crippen molar-refractivity contribution in [1.29, 1.82) is 0 Å². The SMILES string of the molecule is CC(C)(C)OC(=O)N1CCC(O)C1c1ccc(-c2ccccc2C2CC2)cc1Br. The molecule has 2 unspecified atom stereocenters. The van der Waals surface area contributed by atoms with Crippen LogP contribution in [0.25, 0.3) is 11.1 Å². The van der Waals surface area contributed by atoms with Crippen LogP contribution in [0, 0.1) is 0 Å². The van der Waals surface area contributed by atoms with Crippen LogP contribution in [0.3, 0.4) is 0 Å². The second kappa shape index (κ2) is 7.77. The van der Waals surface area contributed by atoms with Crippen LogP contribution in [0.4, 0.5) is 4.79 Å². The molecule has 2 aromatic rings. The van der Waals surface area contributed by atoms with Crippen molar-refractivity contribution in [2.45, 2.75) is 63.7 Å². The molecule has 1 saturated carbocycles. The number of likely N-dealkylation sites (tertiary alicyclic amines) is 1.